The average molecular weight is 174 g/mol. The molecule has 1 aromatic heterocycles. The van der Waals surface area contributed by atoms with Crippen LogP contribution in [0.3, 0.4) is 0 Å². The Bertz CT molecular complexity index is 440. The van der Waals surface area contributed by atoms with E-state index in [-0.39, 0.29) is 0 Å². The van der Waals surface area contributed by atoms with Gasteiger partial charge in [-0.3, -0.25) is 15.7 Å². The normalized spacial score (nSPS) is 10.3. The van der Waals surface area contributed by atoms with E-state index in [1.807, 2.05) is 31.2 Å². The van der Waals surface area contributed by atoms with Crippen LogP contribution in [0.5, 0.6) is 0 Å². The van der Waals surface area contributed by atoms with Gasteiger partial charge in [0.05, 0.1) is 11.2 Å². The minimum absolute atomic E-state index is 0.685. The first-order valence-electron chi connectivity index (χ1n) is 4.08. The van der Waals surface area contributed by atoms with E-state index in [1.54, 1.807) is 6.07 Å². The molecule has 1 aromatic carbocycles. The maximum Gasteiger partial charge on any atom is 0.0726 e. The Morgan fingerprint density at radius 3 is 2.85 bits per heavy atom. The van der Waals surface area contributed by atoms with Crippen molar-refractivity contribution in [3.8, 4) is 0 Å². The second-order valence-electron chi connectivity index (χ2n) is 2.94. The first-order chi connectivity index (χ1) is 6.31. The molecule has 66 valence electrons. The summed E-state index contributed by atoms with van der Waals surface area (Å²) in [5.74, 6) is 0. The molecule has 1 heterocycles. The van der Waals surface area contributed by atoms with Crippen LogP contribution in [0.1, 0.15) is 5.69 Å². The summed E-state index contributed by atoms with van der Waals surface area (Å²) in [7, 11) is 0. The lowest BCUT2D eigenvalue weighted by Gasteiger charge is -2.03. The molecule has 0 aliphatic carbocycles. The molecule has 3 heteroatoms. The Labute approximate surface area is 76.0 Å². The molecule has 2 aromatic rings. The van der Waals surface area contributed by atoms with Crippen LogP contribution in [-0.2, 0) is 0 Å². The van der Waals surface area contributed by atoms with E-state index in [0.29, 0.717) is 5.69 Å². The average Bonchev–Trinajstić information content (AvgIpc) is 2.16. The van der Waals surface area contributed by atoms with Crippen LogP contribution in [0.25, 0.3) is 10.9 Å². The van der Waals surface area contributed by atoms with Crippen molar-refractivity contribution in [3.05, 3.63) is 36.0 Å². The molecule has 2 N–H and O–H groups in total. The fraction of sp³-hybridized carbons (Fsp3) is 0.100. The number of aromatic nitrogens is 1. The first-order valence-corrected chi connectivity index (χ1v) is 4.08. The molecular formula is C10H10N2O. The highest BCUT2D eigenvalue weighted by molar-refractivity contribution is 5.90. The molecule has 0 aliphatic heterocycles. The summed E-state index contributed by atoms with van der Waals surface area (Å²) in [5.41, 5.74) is 4.70. The van der Waals surface area contributed by atoms with Crippen molar-refractivity contribution in [1.82, 2.24) is 4.98 Å². The molecule has 2 rings (SSSR count). The van der Waals surface area contributed by atoms with Crippen molar-refractivity contribution in [1.29, 1.82) is 0 Å². The quantitative estimate of drug-likeness (QED) is 0.652. The van der Waals surface area contributed by atoms with Gasteiger partial charge >= 0.3 is 0 Å². The summed E-state index contributed by atoms with van der Waals surface area (Å²) >= 11 is 0. The molecule has 0 unspecified atom stereocenters. The summed E-state index contributed by atoms with van der Waals surface area (Å²) in [4.78, 5) is 4.33. The van der Waals surface area contributed by atoms with E-state index >= 15 is 0 Å². The highest BCUT2D eigenvalue weighted by Crippen LogP contribution is 2.21. The molecule has 3 nitrogen and oxygen atoms in total. The lowest BCUT2D eigenvalue weighted by atomic mass is 10.2. The van der Waals surface area contributed by atoms with Gasteiger partial charge in [-0.15, -0.1) is 0 Å². The number of aryl methyl sites for hydroxylation is 1. The molecule has 0 saturated heterocycles. The van der Waals surface area contributed by atoms with Gasteiger partial charge in [0.2, 0.25) is 0 Å². The van der Waals surface area contributed by atoms with Gasteiger partial charge in [-0.2, -0.15) is 0 Å². The topological polar surface area (TPSA) is 45.1 Å². The van der Waals surface area contributed by atoms with Gasteiger partial charge in [0.25, 0.3) is 0 Å². The number of hydrogen-bond acceptors (Lipinski definition) is 3. The maximum absolute atomic E-state index is 8.83. The number of hydrogen-bond donors (Lipinski definition) is 2. The highest BCUT2D eigenvalue weighted by Gasteiger charge is 1.99. The summed E-state index contributed by atoms with van der Waals surface area (Å²) in [6.45, 7) is 1.94. The lowest BCUT2D eigenvalue weighted by Crippen LogP contribution is -1.91. The molecule has 0 fully saturated rings. The monoisotopic (exact) mass is 174 g/mol. The molecule has 0 spiro atoms. The van der Waals surface area contributed by atoms with Crippen LogP contribution >= 0.6 is 0 Å². The summed E-state index contributed by atoms with van der Waals surface area (Å²) in [5, 5.41) is 9.75. The Morgan fingerprint density at radius 1 is 1.23 bits per heavy atom. The van der Waals surface area contributed by atoms with E-state index in [0.717, 1.165) is 16.6 Å². The zero-order valence-corrected chi connectivity index (χ0v) is 7.28. The Balaban J connectivity index is 2.77. The maximum atomic E-state index is 8.83. The fourth-order valence-electron chi connectivity index (χ4n) is 1.35. The van der Waals surface area contributed by atoms with E-state index in [9.17, 15) is 0 Å². The Kier molecular flexibility index (Phi) is 1.87. The van der Waals surface area contributed by atoms with Gasteiger partial charge in [-0.25, -0.2) is 0 Å². The molecule has 0 aliphatic rings. The summed E-state index contributed by atoms with van der Waals surface area (Å²) < 4.78 is 0. The van der Waals surface area contributed by atoms with Gasteiger partial charge in [-0.1, -0.05) is 6.07 Å². The second-order valence-corrected chi connectivity index (χ2v) is 2.94. The van der Waals surface area contributed by atoms with Crippen molar-refractivity contribution in [3.63, 3.8) is 0 Å². The van der Waals surface area contributed by atoms with Gasteiger partial charge in [0.15, 0.2) is 0 Å². The van der Waals surface area contributed by atoms with E-state index in [1.165, 1.54) is 0 Å². The molecule has 0 atom stereocenters. The fourth-order valence-corrected chi connectivity index (χ4v) is 1.35. The number of anilines is 1. The van der Waals surface area contributed by atoms with E-state index in [4.69, 9.17) is 5.21 Å². The van der Waals surface area contributed by atoms with Crippen LogP contribution in [0.4, 0.5) is 5.69 Å². The third kappa shape index (κ3) is 1.34. The van der Waals surface area contributed by atoms with Crippen LogP contribution in [-0.4, -0.2) is 10.2 Å². The number of benzene rings is 1. The first kappa shape index (κ1) is 8.01. The number of nitrogens with zero attached hydrogens (tertiary/aromatic N) is 1. The van der Waals surface area contributed by atoms with Crippen molar-refractivity contribution in [2.45, 2.75) is 6.92 Å². The van der Waals surface area contributed by atoms with E-state index < -0.39 is 0 Å². The van der Waals surface area contributed by atoms with Gasteiger partial charge in [-0.05, 0) is 31.2 Å². The van der Waals surface area contributed by atoms with Gasteiger partial charge < -0.3 is 0 Å². The molecular weight excluding hydrogens is 164 g/mol. The molecule has 0 amide bonds. The SMILES string of the molecule is Cc1ccc2c(NO)cccc2n1. The highest BCUT2D eigenvalue weighted by atomic mass is 16.5. The third-order valence-electron chi connectivity index (χ3n) is 1.99. The number of fused-ring (bicyclic) bond motifs is 1. The summed E-state index contributed by atoms with van der Waals surface area (Å²) in [6.07, 6.45) is 0. The van der Waals surface area contributed by atoms with Crippen LogP contribution in [0.2, 0.25) is 0 Å². The van der Waals surface area contributed by atoms with Crippen molar-refractivity contribution < 1.29 is 5.21 Å². The number of nitrogens with one attached hydrogen (secondary N) is 1. The molecule has 0 bridgehead atoms. The van der Waals surface area contributed by atoms with Crippen LogP contribution in [0, 0.1) is 6.92 Å². The van der Waals surface area contributed by atoms with E-state index in [2.05, 4.69) is 10.5 Å². The third-order valence-corrected chi connectivity index (χ3v) is 1.99. The Morgan fingerprint density at radius 2 is 2.08 bits per heavy atom. The molecule has 0 saturated carbocycles. The smallest absolute Gasteiger partial charge is 0.0726 e. The zero-order chi connectivity index (χ0) is 9.26. The largest absolute Gasteiger partial charge is 0.291 e. The standard InChI is InChI=1S/C10H10N2O/c1-7-5-6-8-9(11-7)3-2-4-10(8)12-13/h2-6,12-13H,1H3. The predicted octanol–water partition coefficient (Wildman–Crippen LogP) is 2.34. The van der Waals surface area contributed by atoms with Crippen molar-refractivity contribution in [2.75, 3.05) is 5.48 Å². The Hall–Kier alpha value is -1.61. The summed E-state index contributed by atoms with van der Waals surface area (Å²) in [6, 6.07) is 9.44. The minimum atomic E-state index is 0.685. The zero-order valence-electron chi connectivity index (χ0n) is 7.28. The van der Waals surface area contributed by atoms with Crippen molar-refractivity contribution >= 4 is 16.6 Å². The van der Waals surface area contributed by atoms with Crippen molar-refractivity contribution in [2.24, 2.45) is 0 Å². The van der Waals surface area contributed by atoms with Gasteiger partial charge in [0.1, 0.15) is 0 Å². The molecule has 0 radical (unpaired) electrons. The second kappa shape index (κ2) is 3.03. The predicted molar refractivity (Wildman–Crippen MR) is 51.9 cm³/mol. The van der Waals surface area contributed by atoms with Crippen LogP contribution in [0.15, 0.2) is 30.3 Å². The number of rotatable bonds is 1. The number of pyridine rings is 1. The van der Waals surface area contributed by atoms with Crippen LogP contribution < -0.4 is 5.48 Å². The lowest BCUT2D eigenvalue weighted by molar-refractivity contribution is 0.390. The molecule has 13 heavy (non-hydrogen) atoms. The van der Waals surface area contributed by atoms with Gasteiger partial charge in [0, 0.05) is 11.1 Å². The minimum Gasteiger partial charge on any atom is -0.291 e.